The predicted octanol–water partition coefficient (Wildman–Crippen LogP) is 1.88. The lowest BCUT2D eigenvalue weighted by molar-refractivity contribution is 0.390. The van der Waals surface area contributed by atoms with E-state index in [-0.39, 0.29) is 6.04 Å². The fourth-order valence-corrected chi connectivity index (χ4v) is 3.33. The summed E-state index contributed by atoms with van der Waals surface area (Å²) in [5.41, 5.74) is 0.951. The molecule has 1 unspecified atom stereocenters. The van der Waals surface area contributed by atoms with Crippen molar-refractivity contribution in [3.63, 3.8) is 0 Å². The Morgan fingerprint density at radius 2 is 1.86 bits per heavy atom. The zero-order valence-electron chi connectivity index (χ0n) is 13.0. The maximum Gasteiger partial charge on any atom is 0.240 e. The van der Waals surface area contributed by atoms with Crippen molar-refractivity contribution in [2.45, 2.75) is 43.2 Å². The van der Waals surface area contributed by atoms with Gasteiger partial charge in [-0.05, 0) is 71.1 Å². The molecule has 1 aromatic carbocycles. The van der Waals surface area contributed by atoms with Crippen LogP contribution in [-0.2, 0) is 10.0 Å². The maximum atomic E-state index is 12.1. The first kappa shape index (κ1) is 16.3. The van der Waals surface area contributed by atoms with Crippen LogP contribution in [0.15, 0.2) is 29.2 Å². The first-order chi connectivity index (χ1) is 9.87. The standard InChI is InChI=1S/C15H25N3O2S/c1-12(10-11-18(2)3)16-13-6-8-15(9-7-13)21(19,20)17-14-4-5-14/h6-9,12,14,16-17H,4-5,10-11H2,1-3H3. The predicted molar refractivity (Wildman–Crippen MR) is 86.0 cm³/mol. The van der Waals surface area contributed by atoms with Crippen molar-refractivity contribution >= 4 is 15.7 Å². The van der Waals surface area contributed by atoms with Gasteiger partial charge in [0.1, 0.15) is 0 Å². The van der Waals surface area contributed by atoms with Crippen LogP contribution < -0.4 is 10.0 Å². The summed E-state index contributed by atoms with van der Waals surface area (Å²) in [5.74, 6) is 0. The molecule has 0 radical (unpaired) electrons. The van der Waals surface area contributed by atoms with Crippen LogP contribution in [0.5, 0.6) is 0 Å². The van der Waals surface area contributed by atoms with E-state index in [0.717, 1.165) is 31.5 Å². The van der Waals surface area contributed by atoms with E-state index in [1.165, 1.54) is 0 Å². The van der Waals surface area contributed by atoms with Gasteiger partial charge >= 0.3 is 0 Å². The topological polar surface area (TPSA) is 61.4 Å². The second-order valence-electron chi connectivity index (χ2n) is 6.06. The fourth-order valence-electron chi connectivity index (χ4n) is 2.03. The van der Waals surface area contributed by atoms with Gasteiger partial charge in [-0.25, -0.2) is 13.1 Å². The van der Waals surface area contributed by atoms with Gasteiger partial charge < -0.3 is 10.2 Å². The van der Waals surface area contributed by atoms with E-state index >= 15 is 0 Å². The highest BCUT2D eigenvalue weighted by atomic mass is 32.2. The number of nitrogens with zero attached hydrogens (tertiary/aromatic N) is 1. The third kappa shape index (κ3) is 5.30. The van der Waals surface area contributed by atoms with E-state index in [1.54, 1.807) is 12.1 Å². The smallest absolute Gasteiger partial charge is 0.240 e. The van der Waals surface area contributed by atoms with Gasteiger partial charge in [-0.1, -0.05) is 0 Å². The van der Waals surface area contributed by atoms with Crippen molar-refractivity contribution in [3.8, 4) is 0 Å². The van der Waals surface area contributed by atoms with Crippen molar-refractivity contribution in [1.29, 1.82) is 0 Å². The van der Waals surface area contributed by atoms with Crippen LogP contribution >= 0.6 is 0 Å². The molecule has 1 aliphatic rings. The Bertz CT molecular complexity index is 551. The lowest BCUT2D eigenvalue weighted by atomic mass is 10.2. The third-order valence-electron chi connectivity index (χ3n) is 3.49. The summed E-state index contributed by atoms with van der Waals surface area (Å²) in [5, 5.41) is 3.39. The van der Waals surface area contributed by atoms with Gasteiger partial charge in [0.25, 0.3) is 0 Å². The highest BCUT2D eigenvalue weighted by Crippen LogP contribution is 2.23. The number of benzene rings is 1. The summed E-state index contributed by atoms with van der Waals surface area (Å²) in [6.45, 7) is 3.15. The summed E-state index contributed by atoms with van der Waals surface area (Å²) in [4.78, 5) is 2.48. The minimum atomic E-state index is -3.35. The van der Waals surface area contributed by atoms with Crippen LogP contribution in [0, 0.1) is 0 Å². The zero-order chi connectivity index (χ0) is 15.5. The summed E-state index contributed by atoms with van der Waals surface area (Å²) < 4.78 is 26.8. The van der Waals surface area contributed by atoms with Crippen molar-refractivity contribution in [3.05, 3.63) is 24.3 Å². The van der Waals surface area contributed by atoms with Crippen molar-refractivity contribution in [2.24, 2.45) is 0 Å². The van der Waals surface area contributed by atoms with E-state index < -0.39 is 10.0 Å². The second-order valence-corrected chi connectivity index (χ2v) is 7.77. The monoisotopic (exact) mass is 311 g/mol. The van der Waals surface area contributed by atoms with Crippen molar-refractivity contribution in [1.82, 2.24) is 9.62 Å². The van der Waals surface area contributed by atoms with Crippen LogP contribution in [0.4, 0.5) is 5.69 Å². The Hall–Kier alpha value is -1.11. The van der Waals surface area contributed by atoms with E-state index in [1.807, 2.05) is 12.1 Å². The molecule has 1 fully saturated rings. The molecule has 2 N–H and O–H groups in total. The Labute approximate surface area is 127 Å². The van der Waals surface area contributed by atoms with Crippen LogP contribution in [0.3, 0.4) is 0 Å². The molecule has 1 saturated carbocycles. The lowest BCUT2D eigenvalue weighted by Crippen LogP contribution is -2.25. The van der Waals surface area contributed by atoms with Gasteiger partial charge in [0.05, 0.1) is 4.90 Å². The first-order valence-corrected chi connectivity index (χ1v) is 8.89. The summed E-state index contributed by atoms with van der Waals surface area (Å²) in [6.07, 6.45) is 2.93. The fraction of sp³-hybridized carbons (Fsp3) is 0.600. The normalized spacial score (nSPS) is 17.0. The molecule has 1 aliphatic carbocycles. The highest BCUT2D eigenvalue weighted by molar-refractivity contribution is 7.89. The maximum absolute atomic E-state index is 12.1. The molecule has 0 bridgehead atoms. The number of anilines is 1. The molecule has 5 nitrogen and oxygen atoms in total. The molecule has 118 valence electrons. The van der Waals surface area contributed by atoms with Crippen LogP contribution in [-0.4, -0.2) is 46.0 Å². The van der Waals surface area contributed by atoms with Crippen LogP contribution in [0.2, 0.25) is 0 Å². The first-order valence-electron chi connectivity index (χ1n) is 7.40. The molecule has 1 atom stereocenters. The van der Waals surface area contributed by atoms with Crippen LogP contribution in [0.1, 0.15) is 26.2 Å². The Balaban J connectivity index is 1.92. The molecule has 1 aromatic rings. The lowest BCUT2D eigenvalue weighted by Gasteiger charge is -2.18. The Kier molecular flexibility index (Phi) is 5.24. The van der Waals surface area contributed by atoms with Gasteiger partial charge in [-0.2, -0.15) is 0 Å². The number of rotatable bonds is 8. The molecular formula is C15H25N3O2S. The van der Waals surface area contributed by atoms with Crippen LogP contribution in [0.25, 0.3) is 0 Å². The summed E-state index contributed by atoms with van der Waals surface area (Å²) in [6, 6.07) is 7.46. The Morgan fingerprint density at radius 1 is 1.24 bits per heavy atom. The van der Waals surface area contributed by atoms with Crippen molar-refractivity contribution < 1.29 is 8.42 Å². The number of sulfonamides is 1. The molecule has 0 heterocycles. The SMILES string of the molecule is CC(CCN(C)C)Nc1ccc(S(=O)(=O)NC2CC2)cc1. The summed E-state index contributed by atoms with van der Waals surface area (Å²) >= 11 is 0. The molecule has 0 amide bonds. The minimum Gasteiger partial charge on any atom is -0.383 e. The number of nitrogens with one attached hydrogen (secondary N) is 2. The largest absolute Gasteiger partial charge is 0.383 e. The molecule has 2 rings (SSSR count). The zero-order valence-corrected chi connectivity index (χ0v) is 13.8. The second kappa shape index (κ2) is 6.77. The van der Waals surface area contributed by atoms with Gasteiger partial charge in [0.15, 0.2) is 0 Å². The number of hydrogen-bond acceptors (Lipinski definition) is 4. The van der Waals surface area contributed by atoms with Gasteiger partial charge in [-0.15, -0.1) is 0 Å². The molecule has 6 heteroatoms. The van der Waals surface area contributed by atoms with E-state index in [2.05, 4.69) is 36.0 Å². The number of hydrogen-bond donors (Lipinski definition) is 2. The van der Waals surface area contributed by atoms with E-state index in [0.29, 0.717) is 10.9 Å². The van der Waals surface area contributed by atoms with Gasteiger partial charge in [0, 0.05) is 17.8 Å². The Morgan fingerprint density at radius 3 is 2.38 bits per heavy atom. The quantitative estimate of drug-likeness (QED) is 0.769. The average molecular weight is 311 g/mol. The van der Waals surface area contributed by atoms with Gasteiger partial charge in [-0.3, -0.25) is 0 Å². The highest BCUT2D eigenvalue weighted by Gasteiger charge is 2.27. The molecule has 0 aliphatic heterocycles. The van der Waals surface area contributed by atoms with Crippen molar-refractivity contribution in [2.75, 3.05) is 26.0 Å². The molecule has 0 aromatic heterocycles. The van der Waals surface area contributed by atoms with E-state index in [4.69, 9.17) is 0 Å². The minimum absolute atomic E-state index is 0.138. The van der Waals surface area contributed by atoms with E-state index in [9.17, 15) is 8.42 Å². The molecule has 0 saturated heterocycles. The molecule has 0 spiro atoms. The molecular weight excluding hydrogens is 286 g/mol. The summed E-state index contributed by atoms with van der Waals surface area (Å²) in [7, 11) is 0.761. The molecule has 21 heavy (non-hydrogen) atoms. The average Bonchev–Trinajstić information content (AvgIpc) is 3.20. The third-order valence-corrected chi connectivity index (χ3v) is 5.02. The van der Waals surface area contributed by atoms with Gasteiger partial charge in [0.2, 0.25) is 10.0 Å².